The van der Waals surface area contributed by atoms with Gasteiger partial charge >= 0.3 is 0 Å². The molecule has 3 nitrogen and oxygen atoms in total. The van der Waals surface area contributed by atoms with Crippen LogP contribution in [0.4, 0.5) is 0 Å². The topological polar surface area (TPSA) is 29.9 Å². The first-order valence-electron chi connectivity index (χ1n) is 8.29. The van der Waals surface area contributed by atoms with Gasteiger partial charge in [0.25, 0.3) is 0 Å². The van der Waals surface area contributed by atoms with Gasteiger partial charge in [-0.15, -0.1) is 11.3 Å². The summed E-state index contributed by atoms with van der Waals surface area (Å²) in [5, 5.41) is 10.6. The highest BCUT2D eigenvalue weighted by Crippen LogP contribution is 2.30. The second-order valence-corrected chi connectivity index (χ2v) is 6.94. The van der Waals surface area contributed by atoms with Crippen LogP contribution in [0.2, 0.25) is 0 Å². The second-order valence-electron chi connectivity index (χ2n) is 5.99. The van der Waals surface area contributed by atoms with Crippen molar-refractivity contribution in [2.75, 3.05) is 6.54 Å². The van der Waals surface area contributed by atoms with E-state index < -0.39 is 0 Å². The molecular weight excluding hydrogens is 302 g/mol. The largest absolute Gasteiger partial charge is 0.312 e. The molecule has 0 fully saturated rings. The smallest absolute Gasteiger partial charge is 0.107 e. The van der Waals surface area contributed by atoms with Crippen LogP contribution in [0.3, 0.4) is 0 Å². The number of nitrogens with one attached hydrogen (secondary N) is 1. The van der Waals surface area contributed by atoms with Gasteiger partial charge < -0.3 is 5.32 Å². The maximum Gasteiger partial charge on any atom is 0.107 e. The lowest BCUT2D eigenvalue weighted by Gasteiger charge is -2.15. The van der Waals surface area contributed by atoms with E-state index in [1.54, 1.807) is 11.3 Å². The number of benzene rings is 1. The van der Waals surface area contributed by atoms with Crippen molar-refractivity contribution < 1.29 is 0 Å². The van der Waals surface area contributed by atoms with Gasteiger partial charge in [0.2, 0.25) is 0 Å². The van der Waals surface area contributed by atoms with Crippen molar-refractivity contribution in [2.45, 2.75) is 32.4 Å². The fourth-order valence-corrected chi connectivity index (χ4v) is 4.03. The molecule has 0 spiro atoms. The van der Waals surface area contributed by atoms with E-state index in [1.165, 1.54) is 27.4 Å². The molecule has 1 aliphatic heterocycles. The van der Waals surface area contributed by atoms with Crippen molar-refractivity contribution >= 4 is 11.3 Å². The molecule has 2 aromatic heterocycles. The third-order valence-electron chi connectivity index (χ3n) is 4.44. The monoisotopic (exact) mass is 323 g/mol. The zero-order valence-electron chi connectivity index (χ0n) is 13.2. The number of thiophene rings is 1. The standard InChI is InChI=1S/C19H21N3S/c1-2-6-15(7-3-1)8-4-12-22-17-10-11-20-14-16(17)19(21-22)18-9-5-13-23-18/h1-3,5-7,9,13,20H,4,8,10-12,14H2. The Hall–Kier alpha value is -1.91. The lowest BCUT2D eigenvalue weighted by atomic mass is 10.1. The summed E-state index contributed by atoms with van der Waals surface area (Å²) in [5.74, 6) is 0. The van der Waals surface area contributed by atoms with Crippen molar-refractivity contribution in [3.05, 3.63) is 64.7 Å². The zero-order valence-corrected chi connectivity index (χ0v) is 14.0. The predicted octanol–water partition coefficient (Wildman–Crippen LogP) is 3.89. The minimum absolute atomic E-state index is 0.946. The molecule has 23 heavy (non-hydrogen) atoms. The normalized spacial score (nSPS) is 13.9. The van der Waals surface area contributed by atoms with Crippen molar-refractivity contribution in [3.63, 3.8) is 0 Å². The van der Waals surface area contributed by atoms with Gasteiger partial charge in [-0.25, -0.2) is 0 Å². The summed E-state index contributed by atoms with van der Waals surface area (Å²) in [4.78, 5) is 1.28. The molecule has 3 heterocycles. The molecule has 0 bridgehead atoms. The maximum atomic E-state index is 4.95. The van der Waals surface area contributed by atoms with Crippen LogP contribution in [0.15, 0.2) is 47.8 Å². The van der Waals surface area contributed by atoms with E-state index in [0.29, 0.717) is 0 Å². The summed E-state index contributed by atoms with van der Waals surface area (Å²) < 4.78 is 2.26. The van der Waals surface area contributed by atoms with Crippen LogP contribution < -0.4 is 5.32 Å². The molecule has 0 unspecified atom stereocenters. The summed E-state index contributed by atoms with van der Waals surface area (Å²) in [5.41, 5.74) is 5.43. The molecule has 4 rings (SSSR count). The molecule has 0 radical (unpaired) electrons. The van der Waals surface area contributed by atoms with Crippen molar-refractivity contribution in [3.8, 4) is 10.6 Å². The van der Waals surface area contributed by atoms with Gasteiger partial charge in [0.1, 0.15) is 5.69 Å². The van der Waals surface area contributed by atoms with Gasteiger partial charge in [-0.3, -0.25) is 4.68 Å². The number of aromatic nitrogens is 2. The molecule has 0 amide bonds. The SMILES string of the molecule is c1ccc(CCCn2nc(-c3cccs3)c3c2CCNC3)cc1. The molecular formula is C19H21N3S. The Bertz CT molecular complexity index is 760. The quantitative estimate of drug-likeness (QED) is 0.772. The summed E-state index contributed by atoms with van der Waals surface area (Å²) in [6.07, 6.45) is 3.33. The molecule has 0 saturated heterocycles. The van der Waals surface area contributed by atoms with E-state index in [1.807, 2.05) is 0 Å². The molecule has 4 heteroatoms. The first-order valence-corrected chi connectivity index (χ1v) is 9.17. The number of aryl methyl sites for hydroxylation is 2. The molecule has 1 aliphatic rings. The predicted molar refractivity (Wildman–Crippen MR) is 95.7 cm³/mol. The van der Waals surface area contributed by atoms with E-state index in [9.17, 15) is 0 Å². The van der Waals surface area contributed by atoms with Gasteiger partial charge in [0.15, 0.2) is 0 Å². The maximum absolute atomic E-state index is 4.95. The van der Waals surface area contributed by atoms with Crippen LogP contribution in [-0.2, 0) is 25.9 Å². The summed E-state index contributed by atoms with van der Waals surface area (Å²) in [6, 6.07) is 15.0. The van der Waals surface area contributed by atoms with E-state index in [2.05, 4.69) is 57.8 Å². The first-order chi connectivity index (χ1) is 11.4. The van der Waals surface area contributed by atoms with Gasteiger partial charge in [0.05, 0.1) is 4.88 Å². The van der Waals surface area contributed by atoms with Crippen LogP contribution in [-0.4, -0.2) is 16.3 Å². The fraction of sp³-hybridized carbons (Fsp3) is 0.316. The summed E-state index contributed by atoms with van der Waals surface area (Å²) in [7, 11) is 0. The van der Waals surface area contributed by atoms with Gasteiger partial charge in [-0.2, -0.15) is 5.10 Å². The number of nitrogens with zero attached hydrogens (tertiary/aromatic N) is 2. The number of rotatable bonds is 5. The van der Waals surface area contributed by atoms with Crippen LogP contribution in [0.5, 0.6) is 0 Å². The lowest BCUT2D eigenvalue weighted by molar-refractivity contribution is 0.532. The highest BCUT2D eigenvalue weighted by Gasteiger charge is 2.21. The zero-order chi connectivity index (χ0) is 15.5. The third kappa shape index (κ3) is 3.09. The Morgan fingerprint density at radius 3 is 2.87 bits per heavy atom. The average molecular weight is 323 g/mol. The average Bonchev–Trinajstić information content (AvgIpc) is 3.24. The Kier molecular flexibility index (Phi) is 4.26. The van der Waals surface area contributed by atoms with Crippen LogP contribution in [0.25, 0.3) is 10.6 Å². The molecule has 0 atom stereocenters. The number of hydrogen-bond donors (Lipinski definition) is 1. The minimum atomic E-state index is 0.946. The molecule has 3 aromatic rings. The van der Waals surface area contributed by atoms with E-state index in [0.717, 1.165) is 38.9 Å². The highest BCUT2D eigenvalue weighted by atomic mass is 32.1. The third-order valence-corrected chi connectivity index (χ3v) is 5.32. The summed E-state index contributed by atoms with van der Waals surface area (Å²) >= 11 is 1.78. The Labute approximate surface area is 141 Å². The molecule has 0 aliphatic carbocycles. The molecule has 118 valence electrons. The lowest BCUT2D eigenvalue weighted by Crippen LogP contribution is -2.25. The summed E-state index contributed by atoms with van der Waals surface area (Å²) in [6.45, 7) is 3.01. The van der Waals surface area contributed by atoms with Gasteiger partial charge in [-0.05, 0) is 29.9 Å². The van der Waals surface area contributed by atoms with Crippen molar-refractivity contribution in [1.82, 2.24) is 15.1 Å². The highest BCUT2D eigenvalue weighted by molar-refractivity contribution is 7.13. The molecule has 1 N–H and O–H groups in total. The Morgan fingerprint density at radius 1 is 1.13 bits per heavy atom. The molecule has 0 saturated carbocycles. The van der Waals surface area contributed by atoms with Gasteiger partial charge in [-0.1, -0.05) is 36.4 Å². The fourth-order valence-electron chi connectivity index (χ4n) is 3.29. The molecule has 1 aromatic carbocycles. The van der Waals surface area contributed by atoms with Crippen LogP contribution in [0, 0.1) is 0 Å². The first kappa shape index (κ1) is 14.7. The van der Waals surface area contributed by atoms with Crippen molar-refractivity contribution in [2.24, 2.45) is 0 Å². The van der Waals surface area contributed by atoms with Crippen molar-refractivity contribution in [1.29, 1.82) is 0 Å². The number of hydrogen-bond acceptors (Lipinski definition) is 3. The van der Waals surface area contributed by atoms with Crippen LogP contribution >= 0.6 is 11.3 Å². The van der Waals surface area contributed by atoms with Crippen LogP contribution in [0.1, 0.15) is 23.2 Å². The minimum Gasteiger partial charge on any atom is -0.312 e. The Balaban J connectivity index is 1.54. The number of fused-ring (bicyclic) bond motifs is 1. The van der Waals surface area contributed by atoms with E-state index in [4.69, 9.17) is 5.10 Å². The van der Waals surface area contributed by atoms with E-state index >= 15 is 0 Å². The van der Waals surface area contributed by atoms with Gasteiger partial charge in [0, 0.05) is 37.3 Å². The Morgan fingerprint density at radius 2 is 2.04 bits per heavy atom. The van der Waals surface area contributed by atoms with E-state index in [-0.39, 0.29) is 0 Å². The second kappa shape index (κ2) is 6.69.